The van der Waals surface area contributed by atoms with Gasteiger partial charge in [-0.1, -0.05) is 19.4 Å². The molecule has 0 saturated heterocycles. The number of aromatic nitrogens is 2. The first-order valence-electron chi connectivity index (χ1n) is 8.93. The van der Waals surface area contributed by atoms with E-state index in [0.717, 1.165) is 57.2 Å². The van der Waals surface area contributed by atoms with Crippen molar-refractivity contribution in [2.75, 3.05) is 6.61 Å². The van der Waals surface area contributed by atoms with E-state index >= 15 is 0 Å². The van der Waals surface area contributed by atoms with Crippen LogP contribution in [0.15, 0.2) is 18.0 Å². The molecule has 23 heavy (non-hydrogen) atoms. The number of nitrogens with one attached hydrogen (secondary N) is 1. The fourth-order valence-electron chi connectivity index (χ4n) is 3.03. The van der Waals surface area contributed by atoms with Gasteiger partial charge >= 0.3 is 6.01 Å². The summed E-state index contributed by atoms with van der Waals surface area (Å²) >= 11 is 0. The average molecular weight is 317 g/mol. The molecule has 2 aliphatic rings. The molecule has 0 aromatic carbocycles. The van der Waals surface area contributed by atoms with E-state index in [2.05, 4.69) is 28.4 Å². The van der Waals surface area contributed by atoms with Crippen molar-refractivity contribution in [3.8, 4) is 6.01 Å². The maximum Gasteiger partial charge on any atom is 0.316 e. The van der Waals surface area contributed by atoms with E-state index in [0.29, 0.717) is 6.01 Å². The SMILES string of the molecule is CCCCONC1=CCC(Oc2ncc3c(n2)CCCC3)CC1. The molecule has 1 unspecified atom stereocenters. The Morgan fingerprint density at radius 3 is 3.00 bits per heavy atom. The number of hydroxylamine groups is 1. The lowest BCUT2D eigenvalue weighted by Crippen LogP contribution is -2.25. The molecule has 5 heteroatoms. The minimum absolute atomic E-state index is 0.165. The zero-order valence-electron chi connectivity index (χ0n) is 14.0. The van der Waals surface area contributed by atoms with E-state index in [1.54, 1.807) is 0 Å². The summed E-state index contributed by atoms with van der Waals surface area (Å²) in [5.74, 6) is 0. The first kappa shape index (κ1) is 16.2. The van der Waals surface area contributed by atoms with Gasteiger partial charge in [-0.05, 0) is 50.5 Å². The van der Waals surface area contributed by atoms with Crippen molar-refractivity contribution in [1.82, 2.24) is 15.4 Å². The first-order valence-corrected chi connectivity index (χ1v) is 8.93. The summed E-state index contributed by atoms with van der Waals surface area (Å²) in [6.07, 6.45) is 13.9. The van der Waals surface area contributed by atoms with Crippen LogP contribution < -0.4 is 10.2 Å². The highest BCUT2D eigenvalue weighted by molar-refractivity contribution is 5.21. The van der Waals surface area contributed by atoms with Gasteiger partial charge in [0, 0.05) is 18.3 Å². The molecule has 0 aliphatic heterocycles. The Balaban J connectivity index is 1.47. The average Bonchev–Trinajstić information content (AvgIpc) is 2.60. The molecule has 3 rings (SSSR count). The molecule has 0 saturated carbocycles. The van der Waals surface area contributed by atoms with E-state index in [9.17, 15) is 0 Å². The second kappa shape index (κ2) is 8.29. The minimum Gasteiger partial charge on any atom is -0.460 e. The highest BCUT2D eigenvalue weighted by atomic mass is 16.6. The number of rotatable bonds is 7. The van der Waals surface area contributed by atoms with Gasteiger partial charge in [0.05, 0.1) is 12.3 Å². The van der Waals surface area contributed by atoms with Crippen molar-refractivity contribution in [2.24, 2.45) is 0 Å². The molecule has 1 aromatic rings. The lowest BCUT2D eigenvalue weighted by atomic mass is 9.98. The van der Waals surface area contributed by atoms with E-state index < -0.39 is 0 Å². The molecule has 0 bridgehead atoms. The van der Waals surface area contributed by atoms with Crippen molar-refractivity contribution in [3.63, 3.8) is 0 Å². The first-order chi connectivity index (χ1) is 11.3. The summed E-state index contributed by atoms with van der Waals surface area (Å²) in [5, 5.41) is 0. The van der Waals surface area contributed by atoms with Crippen molar-refractivity contribution in [2.45, 2.75) is 70.8 Å². The summed E-state index contributed by atoms with van der Waals surface area (Å²) < 4.78 is 5.98. The number of ether oxygens (including phenoxy) is 1. The van der Waals surface area contributed by atoms with E-state index in [-0.39, 0.29) is 6.10 Å². The van der Waals surface area contributed by atoms with Crippen molar-refractivity contribution >= 4 is 0 Å². The van der Waals surface area contributed by atoms with Crippen LogP contribution in [0.3, 0.4) is 0 Å². The zero-order chi connectivity index (χ0) is 15.9. The normalized spacial score (nSPS) is 20.6. The number of hydrogen-bond acceptors (Lipinski definition) is 5. The van der Waals surface area contributed by atoms with E-state index in [1.165, 1.54) is 24.1 Å². The van der Waals surface area contributed by atoms with E-state index in [1.807, 2.05) is 6.20 Å². The van der Waals surface area contributed by atoms with Gasteiger partial charge in [-0.3, -0.25) is 10.3 Å². The van der Waals surface area contributed by atoms with Gasteiger partial charge in [-0.15, -0.1) is 0 Å². The Morgan fingerprint density at radius 1 is 1.26 bits per heavy atom. The number of hydrogen-bond donors (Lipinski definition) is 1. The van der Waals surface area contributed by atoms with Crippen LogP contribution >= 0.6 is 0 Å². The van der Waals surface area contributed by atoms with Crippen LogP contribution in [-0.4, -0.2) is 22.7 Å². The zero-order valence-corrected chi connectivity index (χ0v) is 14.0. The lowest BCUT2D eigenvalue weighted by Gasteiger charge is -2.23. The summed E-state index contributed by atoms with van der Waals surface area (Å²) in [6.45, 7) is 2.92. The van der Waals surface area contributed by atoms with Crippen LogP contribution in [0, 0.1) is 0 Å². The Bertz CT molecular complexity index is 545. The van der Waals surface area contributed by atoms with Crippen molar-refractivity contribution in [1.29, 1.82) is 0 Å². The van der Waals surface area contributed by atoms with Crippen LogP contribution in [0.1, 0.15) is 63.1 Å². The molecule has 5 nitrogen and oxygen atoms in total. The summed E-state index contributed by atoms with van der Waals surface area (Å²) in [5.41, 5.74) is 6.69. The molecule has 126 valence electrons. The third-order valence-electron chi connectivity index (χ3n) is 4.48. The van der Waals surface area contributed by atoms with E-state index in [4.69, 9.17) is 9.57 Å². The summed E-state index contributed by atoms with van der Waals surface area (Å²) in [6, 6.07) is 0.541. The Hall–Kier alpha value is -1.62. The summed E-state index contributed by atoms with van der Waals surface area (Å²) in [7, 11) is 0. The lowest BCUT2D eigenvalue weighted by molar-refractivity contribution is 0.0540. The van der Waals surface area contributed by atoms with Gasteiger partial charge in [0.25, 0.3) is 0 Å². The second-order valence-corrected chi connectivity index (χ2v) is 6.38. The van der Waals surface area contributed by atoms with Gasteiger partial charge in [-0.25, -0.2) is 4.98 Å². The van der Waals surface area contributed by atoms with Crippen LogP contribution in [-0.2, 0) is 17.7 Å². The summed E-state index contributed by atoms with van der Waals surface area (Å²) in [4.78, 5) is 14.4. The third-order valence-corrected chi connectivity index (χ3v) is 4.48. The smallest absolute Gasteiger partial charge is 0.316 e. The Labute approximate surface area is 138 Å². The molecule has 0 amide bonds. The molecule has 1 aromatic heterocycles. The number of nitrogens with zero attached hydrogens (tertiary/aromatic N) is 2. The largest absolute Gasteiger partial charge is 0.460 e. The molecular weight excluding hydrogens is 290 g/mol. The highest BCUT2D eigenvalue weighted by Crippen LogP contribution is 2.23. The second-order valence-electron chi connectivity index (χ2n) is 6.38. The molecule has 0 fully saturated rings. The molecule has 0 radical (unpaired) electrons. The van der Waals surface area contributed by atoms with Crippen LogP contribution in [0.2, 0.25) is 0 Å². The van der Waals surface area contributed by atoms with Crippen LogP contribution in [0.5, 0.6) is 6.01 Å². The number of allylic oxidation sites excluding steroid dienone is 1. The molecular formula is C18H27N3O2. The number of unbranched alkanes of at least 4 members (excludes halogenated alkanes) is 1. The van der Waals surface area contributed by atoms with Crippen molar-refractivity contribution < 1.29 is 9.57 Å². The molecule has 0 spiro atoms. The van der Waals surface area contributed by atoms with Gasteiger partial charge < -0.3 is 4.74 Å². The number of aryl methyl sites for hydroxylation is 2. The van der Waals surface area contributed by atoms with Gasteiger partial charge in [0.2, 0.25) is 0 Å². The fraction of sp³-hybridized carbons (Fsp3) is 0.667. The van der Waals surface area contributed by atoms with Gasteiger partial charge in [0.1, 0.15) is 6.10 Å². The molecule has 2 aliphatic carbocycles. The third kappa shape index (κ3) is 4.67. The quantitative estimate of drug-likeness (QED) is 0.616. The Kier molecular flexibility index (Phi) is 5.86. The highest BCUT2D eigenvalue weighted by Gasteiger charge is 2.19. The van der Waals surface area contributed by atoms with Crippen molar-refractivity contribution in [3.05, 3.63) is 29.2 Å². The van der Waals surface area contributed by atoms with Gasteiger partial charge in [0.15, 0.2) is 0 Å². The Morgan fingerprint density at radius 2 is 2.17 bits per heavy atom. The predicted molar refractivity (Wildman–Crippen MR) is 89.0 cm³/mol. The molecule has 1 atom stereocenters. The minimum atomic E-state index is 0.165. The van der Waals surface area contributed by atoms with Gasteiger partial charge in [-0.2, -0.15) is 4.98 Å². The standard InChI is InChI=1S/C18H27N3O2/c1-2-3-12-22-21-15-8-10-16(11-9-15)23-18-19-13-14-6-4-5-7-17(14)20-18/h8,13,16,21H,2-7,9-12H2,1H3. The number of fused-ring (bicyclic) bond motifs is 1. The fourth-order valence-corrected chi connectivity index (χ4v) is 3.03. The predicted octanol–water partition coefficient (Wildman–Crippen LogP) is 3.49. The van der Waals surface area contributed by atoms with Crippen LogP contribution in [0.4, 0.5) is 0 Å². The maximum absolute atomic E-state index is 5.98. The maximum atomic E-state index is 5.98. The monoisotopic (exact) mass is 317 g/mol. The molecule has 1 heterocycles. The molecule has 1 N–H and O–H groups in total. The topological polar surface area (TPSA) is 56.3 Å². The van der Waals surface area contributed by atoms with Crippen LogP contribution in [0.25, 0.3) is 0 Å².